The van der Waals surface area contributed by atoms with Gasteiger partial charge in [0.15, 0.2) is 0 Å². The standard InChI is InChI=1S/C5H6N2S/c1-2-3-5-6-4-7-8-5/h2,4H,1,3H2. The third kappa shape index (κ3) is 1.13. The summed E-state index contributed by atoms with van der Waals surface area (Å²) in [4.78, 5) is 3.94. The SMILES string of the molecule is C=CCc1ncns1. The molecule has 2 nitrogen and oxygen atoms in total. The Bertz CT molecular complexity index is 157. The third-order valence-corrected chi connectivity index (χ3v) is 1.41. The molecule has 0 aliphatic carbocycles. The number of nitrogens with zero attached hydrogens (tertiary/aromatic N) is 2. The van der Waals surface area contributed by atoms with Crippen LogP contribution in [0.2, 0.25) is 0 Å². The van der Waals surface area contributed by atoms with Crippen LogP contribution in [0.3, 0.4) is 0 Å². The molecule has 1 heterocycles. The molecular weight excluding hydrogens is 120 g/mol. The van der Waals surface area contributed by atoms with E-state index in [2.05, 4.69) is 15.9 Å². The van der Waals surface area contributed by atoms with Crippen molar-refractivity contribution in [1.82, 2.24) is 9.36 Å². The highest BCUT2D eigenvalue weighted by Crippen LogP contribution is 1.99. The van der Waals surface area contributed by atoms with Gasteiger partial charge in [0.05, 0.1) is 0 Å². The first-order chi connectivity index (χ1) is 3.93. The second kappa shape index (κ2) is 2.57. The van der Waals surface area contributed by atoms with Crippen LogP contribution in [0.4, 0.5) is 0 Å². The first-order valence-electron chi connectivity index (χ1n) is 2.30. The van der Waals surface area contributed by atoms with Crippen LogP contribution in [0, 0.1) is 0 Å². The summed E-state index contributed by atoms with van der Waals surface area (Å²) in [6.07, 6.45) is 4.22. The highest BCUT2D eigenvalue weighted by atomic mass is 32.1. The van der Waals surface area contributed by atoms with Crippen LogP contribution in [0.1, 0.15) is 5.01 Å². The molecule has 0 saturated carbocycles. The molecule has 0 atom stereocenters. The summed E-state index contributed by atoms with van der Waals surface area (Å²) < 4.78 is 3.82. The first-order valence-corrected chi connectivity index (χ1v) is 3.07. The summed E-state index contributed by atoms with van der Waals surface area (Å²) >= 11 is 1.42. The van der Waals surface area contributed by atoms with E-state index >= 15 is 0 Å². The van der Waals surface area contributed by atoms with Crippen molar-refractivity contribution in [2.75, 3.05) is 0 Å². The van der Waals surface area contributed by atoms with Gasteiger partial charge in [-0.3, -0.25) is 0 Å². The number of aromatic nitrogens is 2. The Morgan fingerprint density at radius 1 is 1.88 bits per heavy atom. The summed E-state index contributed by atoms with van der Waals surface area (Å²) in [5.74, 6) is 0. The minimum absolute atomic E-state index is 0.838. The van der Waals surface area contributed by atoms with Crippen LogP contribution in [0.15, 0.2) is 19.0 Å². The quantitative estimate of drug-likeness (QED) is 0.557. The fourth-order valence-corrected chi connectivity index (χ4v) is 0.912. The van der Waals surface area contributed by atoms with E-state index in [9.17, 15) is 0 Å². The molecule has 0 bridgehead atoms. The lowest BCUT2D eigenvalue weighted by Gasteiger charge is -1.77. The van der Waals surface area contributed by atoms with Crippen LogP contribution < -0.4 is 0 Å². The van der Waals surface area contributed by atoms with E-state index in [4.69, 9.17) is 0 Å². The molecule has 0 amide bonds. The normalized spacial score (nSPS) is 9.00. The Hall–Kier alpha value is -0.700. The monoisotopic (exact) mass is 126 g/mol. The second-order valence-corrected chi connectivity index (χ2v) is 2.19. The van der Waals surface area contributed by atoms with E-state index in [0.717, 1.165) is 11.4 Å². The van der Waals surface area contributed by atoms with Gasteiger partial charge in [0, 0.05) is 6.42 Å². The summed E-state index contributed by atoms with van der Waals surface area (Å²) in [6.45, 7) is 3.57. The molecule has 0 saturated heterocycles. The van der Waals surface area contributed by atoms with Gasteiger partial charge in [-0.15, -0.1) is 6.58 Å². The van der Waals surface area contributed by atoms with Crippen molar-refractivity contribution in [2.45, 2.75) is 6.42 Å². The van der Waals surface area contributed by atoms with Gasteiger partial charge in [0.2, 0.25) is 0 Å². The minimum Gasteiger partial charge on any atom is -0.228 e. The summed E-state index contributed by atoms with van der Waals surface area (Å²) in [6, 6.07) is 0. The van der Waals surface area contributed by atoms with Gasteiger partial charge >= 0.3 is 0 Å². The average molecular weight is 126 g/mol. The molecule has 0 radical (unpaired) electrons. The van der Waals surface area contributed by atoms with E-state index < -0.39 is 0 Å². The maximum absolute atomic E-state index is 3.94. The van der Waals surface area contributed by atoms with Crippen LogP contribution in [0.5, 0.6) is 0 Å². The number of allylic oxidation sites excluding steroid dienone is 1. The topological polar surface area (TPSA) is 25.8 Å². The predicted molar refractivity (Wildman–Crippen MR) is 33.8 cm³/mol. The smallest absolute Gasteiger partial charge is 0.129 e. The fourth-order valence-electron chi connectivity index (χ4n) is 0.409. The van der Waals surface area contributed by atoms with E-state index in [-0.39, 0.29) is 0 Å². The van der Waals surface area contributed by atoms with Crippen molar-refractivity contribution in [3.63, 3.8) is 0 Å². The first kappa shape index (κ1) is 5.44. The van der Waals surface area contributed by atoms with Gasteiger partial charge in [-0.1, -0.05) is 6.08 Å². The van der Waals surface area contributed by atoms with E-state index in [1.165, 1.54) is 11.5 Å². The van der Waals surface area contributed by atoms with Gasteiger partial charge in [-0.2, -0.15) is 4.37 Å². The Morgan fingerprint density at radius 2 is 2.75 bits per heavy atom. The lowest BCUT2D eigenvalue weighted by atomic mass is 10.4. The van der Waals surface area contributed by atoms with Crippen LogP contribution in [0.25, 0.3) is 0 Å². The molecule has 0 aliphatic rings. The Morgan fingerprint density at radius 3 is 3.25 bits per heavy atom. The second-order valence-electron chi connectivity index (χ2n) is 1.33. The maximum Gasteiger partial charge on any atom is 0.129 e. The molecule has 0 N–H and O–H groups in total. The molecule has 42 valence electrons. The van der Waals surface area contributed by atoms with Gasteiger partial charge < -0.3 is 0 Å². The average Bonchev–Trinajstić information content (AvgIpc) is 2.19. The summed E-state index contributed by atoms with van der Waals surface area (Å²) in [7, 11) is 0. The zero-order valence-corrected chi connectivity index (χ0v) is 5.19. The Balaban J connectivity index is 2.62. The number of hydrogen-bond acceptors (Lipinski definition) is 3. The molecule has 0 aliphatic heterocycles. The highest BCUT2D eigenvalue weighted by Gasteiger charge is 1.88. The van der Waals surface area contributed by atoms with Crippen LogP contribution in [-0.4, -0.2) is 9.36 Å². The lowest BCUT2D eigenvalue weighted by Crippen LogP contribution is -1.73. The molecule has 8 heavy (non-hydrogen) atoms. The van der Waals surface area contributed by atoms with Gasteiger partial charge in [0.1, 0.15) is 11.3 Å². The largest absolute Gasteiger partial charge is 0.228 e. The van der Waals surface area contributed by atoms with E-state index in [1.807, 2.05) is 6.08 Å². The molecular formula is C5H6N2S. The number of rotatable bonds is 2. The van der Waals surface area contributed by atoms with Crippen LogP contribution in [-0.2, 0) is 6.42 Å². The molecule has 1 rings (SSSR count). The lowest BCUT2D eigenvalue weighted by molar-refractivity contribution is 1.17. The van der Waals surface area contributed by atoms with Gasteiger partial charge in [-0.25, -0.2) is 4.98 Å². The van der Waals surface area contributed by atoms with E-state index in [1.54, 1.807) is 6.33 Å². The zero-order valence-electron chi connectivity index (χ0n) is 4.37. The van der Waals surface area contributed by atoms with Crippen molar-refractivity contribution in [3.8, 4) is 0 Å². The zero-order chi connectivity index (χ0) is 5.82. The molecule has 0 aromatic carbocycles. The highest BCUT2D eigenvalue weighted by molar-refractivity contribution is 7.05. The fraction of sp³-hybridized carbons (Fsp3) is 0.200. The Kier molecular flexibility index (Phi) is 1.75. The van der Waals surface area contributed by atoms with Crippen molar-refractivity contribution < 1.29 is 0 Å². The molecule has 1 aromatic rings. The molecule has 1 aromatic heterocycles. The minimum atomic E-state index is 0.838. The van der Waals surface area contributed by atoms with Crippen molar-refractivity contribution in [1.29, 1.82) is 0 Å². The van der Waals surface area contributed by atoms with Gasteiger partial charge in [-0.05, 0) is 11.5 Å². The van der Waals surface area contributed by atoms with E-state index in [0.29, 0.717) is 0 Å². The van der Waals surface area contributed by atoms with Gasteiger partial charge in [0.25, 0.3) is 0 Å². The third-order valence-electron chi connectivity index (χ3n) is 0.726. The molecule has 3 heteroatoms. The van der Waals surface area contributed by atoms with Crippen molar-refractivity contribution >= 4 is 11.5 Å². The maximum atomic E-state index is 3.94. The number of hydrogen-bond donors (Lipinski definition) is 0. The summed E-state index contributed by atoms with van der Waals surface area (Å²) in [5.41, 5.74) is 0. The molecule has 0 unspecified atom stereocenters. The summed E-state index contributed by atoms with van der Waals surface area (Å²) in [5, 5.41) is 1.03. The Labute approximate surface area is 52.1 Å². The predicted octanol–water partition coefficient (Wildman–Crippen LogP) is 1.27. The van der Waals surface area contributed by atoms with Crippen molar-refractivity contribution in [3.05, 3.63) is 24.0 Å². The molecule has 0 spiro atoms. The van der Waals surface area contributed by atoms with Crippen LogP contribution >= 0.6 is 11.5 Å². The molecule has 0 fully saturated rings. The van der Waals surface area contributed by atoms with Crippen molar-refractivity contribution in [2.24, 2.45) is 0 Å².